The molecule has 0 bridgehead atoms. The number of aromatic hydroxyl groups is 1. The highest BCUT2D eigenvalue weighted by atomic mass is 35.5. The molecule has 0 spiro atoms. The van der Waals surface area contributed by atoms with Gasteiger partial charge in [0.15, 0.2) is 11.4 Å². The summed E-state index contributed by atoms with van der Waals surface area (Å²) >= 11 is 0. The molecule has 0 aromatic heterocycles. The van der Waals surface area contributed by atoms with Crippen LogP contribution in [0.3, 0.4) is 0 Å². The number of unbranched alkanes of at least 4 members (excludes halogenated alkanes) is 4. The van der Waals surface area contributed by atoms with Gasteiger partial charge >= 0.3 is 0 Å². The molecule has 2 amide bonds. The lowest BCUT2D eigenvalue weighted by atomic mass is 9.57. The number of amides is 2. The third kappa shape index (κ3) is 7.09. The molecule has 1 fully saturated rings. The Labute approximate surface area is 287 Å². The van der Waals surface area contributed by atoms with E-state index in [9.17, 15) is 39.6 Å². The molecule has 3 unspecified atom stereocenters. The summed E-state index contributed by atoms with van der Waals surface area (Å²) in [5.41, 5.74) is 2.55. The Bertz CT molecular complexity index is 1480. The van der Waals surface area contributed by atoms with E-state index in [2.05, 4.69) is 17.6 Å². The molecular formula is C32H47Cl2N5O8. The van der Waals surface area contributed by atoms with E-state index in [0.717, 1.165) is 25.7 Å². The Morgan fingerprint density at radius 2 is 1.68 bits per heavy atom. The molecule has 0 aliphatic heterocycles. The number of aliphatic hydroxyl groups is 3. The number of Topliss-reactive ketones (excluding diaryl/α,β-unsaturated/α-hetero) is 2. The molecule has 4 rings (SSSR count). The highest BCUT2D eigenvalue weighted by Gasteiger charge is 2.64. The van der Waals surface area contributed by atoms with Crippen LogP contribution in [0.15, 0.2) is 23.0 Å². The largest absolute Gasteiger partial charge is 0.508 e. The van der Waals surface area contributed by atoms with Gasteiger partial charge in [-0.1, -0.05) is 32.6 Å². The molecule has 3 aliphatic carbocycles. The maximum absolute atomic E-state index is 14.1. The number of primary amides is 1. The van der Waals surface area contributed by atoms with Gasteiger partial charge in [-0.05, 0) is 57.5 Å². The SMILES string of the molecule is CCCCCCCNCC(=O)Nc1cc(N(C)C)c2c(c1O)C(O)=C1C(=O)C3(O)C(O)=C(C(N)=O)C(=O)[C@@H](N(C)C)C3CC1C2.Cl.Cl. The molecule has 0 heterocycles. The average molecular weight is 701 g/mol. The number of carbonyl (C=O) groups excluding carboxylic acids is 4. The van der Waals surface area contributed by atoms with Gasteiger partial charge in [-0.2, -0.15) is 0 Å². The van der Waals surface area contributed by atoms with Gasteiger partial charge in [0.25, 0.3) is 5.91 Å². The number of carbonyl (C=O) groups is 4. The summed E-state index contributed by atoms with van der Waals surface area (Å²) in [6.45, 7) is 2.81. The van der Waals surface area contributed by atoms with Crippen LogP contribution in [0, 0.1) is 11.8 Å². The van der Waals surface area contributed by atoms with E-state index < -0.39 is 69.7 Å². The van der Waals surface area contributed by atoms with E-state index in [0.29, 0.717) is 17.8 Å². The topological polar surface area (TPSA) is 206 Å². The van der Waals surface area contributed by atoms with Crippen molar-refractivity contribution in [3.8, 4) is 5.75 Å². The van der Waals surface area contributed by atoms with Crippen molar-refractivity contribution in [1.82, 2.24) is 10.2 Å². The highest BCUT2D eigenvalue weighted by Crippen LogP contribution is 2.54. The van der Waals surface area contributed by atoms with Crippen molar-refractivity contribution < 1.29 is 39.6 Å². The van der Waals surface area contributed by atoms with Crippen LogP contribution in [0.4, 0.5) is 11.4 Å². The molecule has 15 heteroatoms. The summed E-state index contributed by atoms with van der Waals surface area (Å²) in [6, 6.07) is 0.433. The summed E-state index contributed by atoms with van der Waals surface area (Å²) in [5.74, 6) is -7.69. The Hall–Kier alpha value is -3.36. The molecule has 47 heavy (non-hydrogen) atoms. The average Bonchev–Trinajstić information content (AvgIpc) is 2.95. The maximum atomic E-state index is 14.1. The first-order valence-electron chi connectivity index (χ1n) is 15.4. The van der Waals surface area contributed by atoms with Gasteiger partial charge in [-0.15, -0.1) is 24.8 Å². The van der Waals surface area contributed by atoms with Crippen LogP contribution in [0.5, 0.6) is 5.75 Å². The number of rotatable bonds is 12. The fourth-order valence-electron chi connectivity index (χ4n) is 7.04. The molecule has 1 saturated carbocycles. The summed E-state index contributed by atoms with van der Waals surface area (Å²) in [4.78, 5) is 55.6. The highest BCUT2D eigenvalue weighted by molar-refractivity contribution is 6.24. The third-order valence-corrected chi connectivity index (χ3v) is 9.20. The molecule has 8 N–H and O–H groups in total. The van der Waals surface area contributed by atoms with Crippen LogP contribution < -0.4 is 21.3 Å². The second-order valence-corrected chi connectivity index (χ2v) is 12.6. The normalized spacial score (nSPS) is 23.3. The van der Waals surface area contributed by atoms with Crippen LogP contribution in [0.2, 0.25) is 0 Å². The summed E-state index contributed by atoms with van der Waals surface area (Å²) in [5, 5.41) is 51.6. The first kappa shape index (κ1) is 39.8. The van der Waals surface area contributed by atoms with Crippen LogP contribution >= 0.6 is 24.8 Å². The fraction of sp³-hybridized carbons (Fsp3) is 0.562. The number of halogens is 2. The lowest BCUT2D eigenvalue weighted by Gasteiger charge is -2.50. The minimum atomic E-state index is -2.72. The standard InChI is InChI=1S/C32H45N5O8.2ClH/c1-6-7-8-9-10-11-34-15-21(38)35-19-14-20(36(2)3)17-12-16-13-18-25(37(4)5)28(41)24(31(33)44)30(43)32(18,45)29(42)22(16)27(40)23(17)26(19)39;;/h14,16,18,25,34,39-40,43,45H,6-13,15H2,1-5H3,(H2,33,44)(H,35,38);2*1H/t16?,18?,25-,32?;;/m0../s1. The Morgan fingerprint density at radius 1 is 1.04 bits per heavy atom. The van der Waals surface area contributed by atoms with E-state index in [-0.39, 0.29) is 61.0 Å². The number of nitrogens with one attached hydrogen (secondary N) is 2. The molecule has 1 aromatic rings. The predicted molar refractivity (Wildman–Crippen MR) is 183 cm³/mol. The number of aliphatic hydroxyl groups excluding tert-OH is 2. The number of anilines is 2. The number of hydrogen-bond acceptors (Lipinski definition) is 11. The van der Waals surface area contributed by atoms with Gasteiger partial charge in [0.2, 0.25) is 11.7 Å². The van der Waals surface area contributed by atoms with Crippen molar-refractivity contribution in [2.75, 3.05) is 51.5 Å². The molecule has 13 nitrogen and oxygen atoms in total. The number of phenols is 1. The van der Waals surface area contributed by atoms with E-state index >= 15 is 0 Å². The minimum absolute atomic E-state index is 0. The van der Waals surface area contributed by atoms with Gasteiger partial charge in [-0.3, -0.25) is 24.1 Å². The third-order valence-electron chi connectivity index (χ3n) is 9.20. The van der Waals surface area contributed by atoms with Gasteiger partial charge in [0, 0.05) is 31.3 Å². The number of phenolic OH excluding ortho intramolecular Hbond substituents is 1. The van der Waals surface area contributed by atoms with Crippen molar-refractivity contribution in [1.29, 1.82) is 0 Å². The van der Waals surface area contributed by atoms with Crippen LogP contribution in [0.25, 0.3) is 5.76 Å². The predicted octanol–water partition coefficient (Wildman–Crippen LogP) is 2.37. The van der Waals surface area contributed by atoms with Crippen molar-refractivity contribution in [3.63, 3.8) is 0 Å². The summed E-state index contributed by atoms with van der Waals surface area (Å²) < 4.78 is 0. The van der Waals surface area contributed by atoms with E-state index in [1.807, 2.05) is 0 Å². The number of nitrogens with zero attached hydrogens (tertiary/aromatic N) is 2. The number of fused-ring (bicyclic) bond motifs is 3. The number of likely N-dealkylation sites (N-methyl/N-ethyl adjacent to an activating group) is 1. The lowest BCUT2D eigenvalue weighted by Crippen LogP contribution is -2.65. The van der Waals surface area contributed by atoms with Crippen molar-refractivity contribution in [3.05, 3.63) is 34.1 Å². The van der Waals surface area contributed by atoms with Gasteiger partial charge in [-0.25, -0.2) is 0 Å². The zero-order chi connectivity index (χ0) is 33.4. The quantitative estimate of drug-likeness (QED) is 0.0958. The number of ketones is 2. The lowest BCUT2D eigenvalue weighted by molar-refractivity contribution is -0.153. The monoisotopic (exact) mass is 699 g/mol. The minimum Gasteiger partial charge on any atom is -0.508 e. The zero-order valence-electron chi connectivity index (χ0n) is 27.4. The summed E-state index contributed by atoms with van der Waals surface area (Å²) in [6.07, 6.45) is 5.58. The molecule has 1 aromatic carbocycles. The smallest absolute Gasteiger partial charge is 0.255 e. The van der Waals surface area contributed by atoms with E-state index in [1.54, 1.807) is 39.2 Å². The van der Waals surface area contributed by atoms with Crippen molar-refractivity contribution in [2.45, 2.75) is 63.5 Å². The first-order chi connectivity index (χ1) is 21.2. The molecule has 0 radical (unpaired) electrons. The second kappa shape index (κ2) is 15.7. The number of hydrogen-bond donors (Lipinski definition) is 7. The van der Waals surface area contributed by atoms with Crippen LogP contribution in [-0.2, 0) is 25.6 Å². The van der Waals surface area contributed by atoms with Gasteiger partial charge < -0.3 is 41.7 Å². The second-order valence-electron chi connectivity index (χ2n) is 12.6. The summed E-state index contributed by atoms with van der Waals surface area (Å²) in [7, 11) is 6.62. The Kier molecular flexibility index (Phi) is 13.3. The fourth-order valence-corrected chi connectivity index (χ4v) is 7.04. The molecule has 3 aliphatic rings. The number of benzene rings is 1. The van der Waals surface area contributed by atoms with Crippen molar-refractivity contribution >= 4 is 65.3 Å². The number of nitrogens with two attached hydrogens (primary N) is 1. The Morgan fingerprint density at radius 3 is 2.26 bits per heavy atom. The van der Waals surface area contributed by atoms with E-state index in [1.165, 1.54) is 11.3 Å². The first-order valence-corrected chi connectivity index (χ1v) is 15.4. The maximum Gasteiger partial charge on any atom is 0.255 e. The van der Waals surface area contributed by atoms with Crippen LogP contribution in [0.1, 0.15) is 56.6 Å². The van der Waals surface area contributed by atoms with E-state index in [4.69, 9.17) is 5.73 Å². The van der Waals surface area contributed by atoms with Gasteiger partial charge in [0.05, 0.1) is 23.8 Å². The van der Waals surface area contributed by atoms with Crippen molar-refractivity contribution in [2.24, 2.45) is 17.6 Å². The molecular weight excluding hydrogens is 653 g/mol. The Balaban J connectivity index is 0.00000384. The molecule has 0 saturated heterocycles. The van der Waals surface area contributed by atoms with Gasteiger partial charge in [0.1, 0.15) is 22.8 Å². The van der Waals surface area contributed by atoms with Crippen LogP contribution in [-0.4, -0.2) is 102 Å². The zero-order valence-corrected chi connectivity index (χ0v) is 29.0. The molecule has 4 atom stereocenters. The molecule has 262 valence electrons.